The van der Waals surface area contributed by atoms with Crippen molar-refractivity contribution in [1.82, 2.24) is 24.6 Å². The molecular formula is C21H31N5O3S. The maximum absolute atomic E-state index is 13.4. The summed E-state index contributed by atoms with van der Waals surface area (Å²) >= 11 is 1.33. The van der Waals surface area contributed by atoms with Crippen molar-refractivity contribution in [2.75, 3.05) is 12.4 Å². The van der Waals surface area contributed by atoms with Crippen LogP contribution in [-0.4, -0.2) is 49.7 Å². The predicted octanol–water partition coefficient (Wildman–Crippen LogP) is 2.64. The molecule has 30 heavy (non-hydrogen) atoms. The van der Waals surface area contributed by atoms with Crippen LogP contribution in [0.3, 0.4) is 0 Å². The lowest BCUT2D eigenvalue weighted by Crippen LogP contribution is -2.37. The highest BCUT2D eigenvalue weighted by molar-refractivity contribution is 7.99. The average molecular weight is 434 g/mol. The number of fused-ring (bicyclic) bond motifs is 1. The number of carbonyl (C=O) groups is 1. The fraction of sp³-hybridized carbons (Fsp3) is 0.714. The number of ether oxygens (including phenoxy) is 1. The first-order valence-electron chi connectivity index (χ1n) is 11.1. The Bertz CT molecular complexity index is 958. The van der Waals surface area contributed by atoms with Crippen molar-refractivity contribution in [2.24, 2.45) is 0 Å². The molecule has 1 atom stereocenters. The highest BCUT2D eigenvalue weighted by Gasteiger charge is 2.23. The zero-order valence-corrected chi connectivity index (χ0v) is 18.7. The molecule has 1 aliphatic carbocycles. The summed E-state index contributed by atoms with van der Waals surface area (Å²) in [6, 6.07) is 0.279. The third-order valence-electron chi connectivity index (χ3n) is 5.99. The van der Waals surface area contributed by atoms with E-state index in [9.17, 15) is 9.59 Å². The zero-order chi connectivity index (χ0) is 21.1. The number of carbonyl (C=O) groups excluding carboxylic acids is 1. The van der Waals surface area contributed by atoms with Gasteiger partial charge in [-0.05, 0) is 39.5 Å². The van der Waals surface area contributed by atoms with E-state index in [2.05, 4.69) is 10.4 Å². The van der Waals surface area contributed by atoms with Gasteiger partial charge in [0.1, 0.15) is 5.52 Å². The molecule has 2 aliphatic rings. The van der Waals surface area contributed by atoms with E-state index in [1.807, 2.05) is 13.8 Å². The van der Waals surface area contributed by atoms with Crippen LogP contribution in [-0.2, 0) is 22.6 Å². The van der Waals surface area contributed by atoms with Gasteiger partial charge in [0, 0.05) is 19.2 Å². The second-order valence-electron chi connectivity index (χ2n) is 8.23. The highest BCUT2D eigenvalue weighted by Crippen LogP contribution is 2.23. The average Bonchev–Trinajstić information content (AvgIpc) is 3.37. The monoisotopic (exact) mass is 433 g/mol. The first kappa shape index (κ1) is 21.4. The highest BCUT2D eigenvalue weighted by atomic mass is 32.2. The molecule has 0 spiro atoms. The van der Waals surface area contributed by atoms with Gasteiger partial charge in [0.05, 0.1) is 24.1 Å². The van der Waals surface area contributed by atoms with Gasteiger partial charge in [0.15, 0.2) is 10.7 Å². The number of thioether (sulfide) groups is 1. The molecule has 0 aromatic carbocycles. The molecule has 1 saturated carbocycles. The standard InChI is InChI=1S/C21H31N5O3S/c1-3-26-19-18(14(2)24-26)23-21(25(20(19)28)12-16-10-7-11-29-16)30-13-17(27)22-15-8-5-4-6-9-15/h15-16H,3-13H2,1-2H3,(H,22,27). The molecule has 9 heteroatoms. The lowest BCUT2D eigenvalue weighted by Gasteiger charge is -2.22. The maximum Gasteiger partial charge on any atom is 0.280 e. The van der Waals surface area contributed by atoms with Gasteiger partial charge in [-0.3, -0.25) is 18.8 Å². The number of rotatable bonds is 7. The van der Waals surface area contributed by atoms with Crippen LogP contribution in [0.15, 0.2) is 9.95 Å². The summed E-state index contributed by atoms with van der Waals surface area (Å²) in [6.07, 6.45) is 7.67. The number of aryl methyl sites for hydroxylation is 2. The third-order valence-corrected chi connectivity index (χ3v) is 6.97. The lowest BCUT2D eigenvalue weighted by molar-refractivity contribution is -0.119. The van der Waals surface area contributed by atoms with Crippen molar-refractivity contribution in [3.63, 3.8) is 0 Å². The molecule has 1 amide bonds. The summed E-state index contributed by atoms with van der Waals surface area (Å²) in [5.41, 5.74) is 1.79. The Morgan fingerprint density at radius 1 is 1.23 bits per heavy atom. The Kier molecular flexibility index (Phi) is 6.77. The van der Waals surface area contributed by atoms with Gasteiger partial charge in [0.25, 0.3) is 5.56 Å². The van der Waals surface area contributed by atoms with Crippen molar-refractivity contribution in [1.29, 1.82) is 0 Å². The quantitative estimate of drug-likeness (QED) is 0.533. The first-order valence-corrected chi connectivity index (χ1v) is 12.1. The molecule has 8 nitrogen and oxygen atoms in total. The summed E-state index contributed by atoms with van der Waals surface area (Å²) in [5, 5.41) is 8.19. The van der Waals surface area contributed by atoms with Gasteiger partial charge >= 0.3 is 0 Å². The van der Waals surface area contributed by atoms with Gasteiger partial charge in [-0.25, -0.2) is 4.98 Å². The van der Waals surface area contributed by atoms with Crippen molar-refractivity contribution in [2.45, 2.75) is 89.2 Å². The normalized spacial score (nSPS) is 20.1. The number of amides is 1. The van der Waals surface area contributed by atoms with Crippen LogP contribution in [0.25, 0.3) is 11.0 Å². The maximum atomic E-state index is 13.4. The first-order chi connectivity index (χ1) is 14.6. The van der Waals surface area contributed by atoms with E-state index in [0.29, 0.717) is 29.3 Å². The van der Waals surface area contributed by atoms with Gasteiger partial charge < -0.3 is 10.1 Å². The minimum atomic E-state index is -0.104. The summed E-state index contributed by atoms with van der Waals surface area (Å²) in [7, 11) is 0. The van der Waals surface area contributed by atoms with Crippen LogP contribution in [0, 0.1) is 6.92 Å². The van der Waals surface area contributed by atoms with Crippen LogP contribution >= 0.6 is 11.8 Å². The molecular weight excluding hydrogens is 402 g/mol. The second kappa shape index (κ2) is 9.51. The van der Waals surface area contributed by atoms with Gasteiger partial charge in [-0.2, -0.15) is 5.10 Å². The van der Waals surface area contributed by atoms with Crippen LogP contribution in [0.1, 0.15) is 57.6 Å². The van der Waals surface area contributed by atoms with Crippen molar-refractivity contribution < 1.29 is 9.53 Å². The number of aromatic nitrogens is 4. The Morgan fingerprint density at radius 2 is 2.03 bits per heavy atom. The van der Waals surface area contributed by atoms with Crippen molar-refractivity contribution >= 4 is 28.7 Å². The van der Waals surface area contributed by atoms with E-state index < -0.39 is 0 Å². The third kappa shape index (κ3) is 4.56. The van der Waals surface area contributed by atoms with E-state index >= 15 is 0 Å². The minimum Gasteiger partial charge on any atom is -0.376 e. The SMILES string of the molecule is CCn1nc(C)c2nc(SCC(=O)NC3CCCCC3)n(CC3CCCO3)c(=O)c21. The molecule has 1 saturated heterocycles. The molecule has 2 fully saturated rings. The predicted molar refractivity (Wildman–Crippen MR) is 117 cm³/mol. The Morgan fingerprint density at radius 3 is 2.73 bits per heavy atom. The van der Waals surface area contributed by atoms with Crippen LogP contribution in [0.5, 0.6) is 0 Å². The Labute approximate surface area is 180 Å². The fourth-order valence-corrected chi connectivity index (χ4v) is 5.24. The molecule has 3 heterocycles. The van der Waals surface area contributed by atoms with Crippen LogP contribution in [0.2, 0.25) is 0 Å². The number of hydrogen-bond donors (Lipinski definition) is 1. The molecule has 164 valence electrons. The number of nitrogens with zero attached hydrogens (tertiary/aromatic N) is 4. The number of nitrogens with one attached hydrogen (secondary N) is 1. The van der Waals surface area contributed by atoms with E-state index in [1.165, 1.54) is 31.0 Å². The minimum absolute atomic E-state index is 0.00545. The molecule has 0 bridgehead atoms. The smallest absolute Gasteiger partial charge is 0.280 e. The molecule has 2 aromatic rings. The Hall–Kier alpha value is -1.87. The molecule has 1 N–H and O–H groups in total. The molecule has 1 aliphatic heterocycles. The molecule has 1 unspecified atom stereocenters. The van der Waals surface area contributed by atoms with Crippen LogP contribution < -0.4 is 10.9 Å². The Balaban J connectivity index is 1.58. The van der Waals surface area contributed by atoms with Gasteiger partial charge in [-0.15, -0.1) is 0 Å². The molecule has 4 rings (SSSR count). The summed E-state index contributed by atoms with van der Waals surface area (Å²) in [5.74, 6) is 0.256. The largest absolute Gasteiger partial charge is 0.376 e. The van der Waals surface area contributed by atoms with E-state index in [1.54, 1.807) is 9.25 Å². The second-order valence-corrected chi connectivity index (χ2v) is 9.18. The fourth-order valence-electron chi connectivity index (χ4n) is 4.43. The summed E-state index contributed by atoms with van der Waals surface area (Å²) in [6.45, 7) is 5.64. The number of hydrogen-bond acceptors (Lipinski definition) is 6. The summed E-state index contributed by atoms with van der Waals surface area (Å²) < 4.78 is 9.17. The van der Waals surface area contributed by atoms with E-state index in [-0.39, 0.29) is 29.4 Å². The summed E-state index contributed by atoms with van der Waals surface area (Å²) in [4.78, 5) is 30.7. The van der Waals surface area contributed by atoms with Crippen molar-refractivity contribution in [3.8, 4) is 0 Å². The van der Waals surface area contributed by atoms with Crippen molar-refractivity contribution in [3.05, 3.63) is 16.0 Å². The van der Waals surface area contributed by atoms with Crippen LogP contribution in [0.4, 0.5) is 0 Å². The van der Waals surface area contributed by atoms with E-state index in [0.717, 1.165) is 38.0 Å². The zero-order valence-electron chi connectivity index (χ0n) is 17.9. The molecule has 2 aromatic heterocycles. The van der Waals surface area contributed by atoms with Gasteiger partial charge in [-0.1, -0.05) is 31.0 Å². The topological polar surface area (TPSA) is 91.0 Å². The van der Waals surface area contributed by atoms with Gasteiger partial charge in [0.2, 0.25) is 5.91 Å². The lowest BCUT2D eigenvalue weighted by atomic mass is 9.95. The van der Waals surface area contributed by atoms with E-state index in [4.69, 9.17) is 9.72 Å². The molecule has 0 radical (unpaired) electrons.